The highest BCUT2D eigenvalue weighted by atomic mass is 32.2. The van der Waals surface area contributed by atoms with E-state index < -0.39 is 10.1 Å². The van der Waals surface area contributed by atoms with E-state index in [0.29, 0.717) is 12.8 Å². The number of phenols is 1. The number of hydrogen-bond donors (Lipinski definition) is 2. The molecule has 0 amide bonds. The van der Waals surface area contributed by atoms with E-state index in [-0.39, 0.29) is 23.9 Å². The maximum atomic E-state index is 11.5. The third-order valence-corrected chi connectivity index (χ3v) is 3.24. The van der Waals surface area contributed by atoms with Crippen molar-refractivity contribution in [3.05, 3.63) is 24.3 Å². The summed E-state index contributed by atoms with van der Waals surface area (Å²) in [6.07, 6.45) is 0.985. The maximum Gasteiger partial charge on any atom is 0.296 e. The second kappa shape index (κ2) is 5.83. The van der Waals surface area contributed by atoms with Gasteiger partial charge in [0, 0.05) is 6.61 Å². The third-order valence-electron chi connectivity index (χ3n) is 1.92. The highest BCUT2D eigenvalue weighted by molar-refractivity contribution is 7.86. The molecule has 0 saturated carbocycles. The van der Waals surface area contributed by atoms with Gasteiger partial charge >= 0.3 is 0 Å². The molecule has 0 atom stereocenters. The van der Waals surface area contributed by atoms with Gasteiger partial charge in [-0.1, -0.05) is 0 Å². The van der Waals surface area contributed by atoms with Gasteiger partial charge in [-0.05, 0) is 37.1 Å². The van der Waals surface area contributed by atoms with Gasteiger partial charge in [0.15, 0.2) is 0 Å². The van der Waals surface area contributed by atoms with Crippen molar-refractivity contribution < 1.29 is 22.8 Å². The summed E-state index contributed by atoms with van der Waals surface area (Å²) in [6.45, 7) is 0.0619. The molecule has 0 spiro atoms. The molecule has 0 radical (unpaired) electrons. The molecule has 1 aromatic rings. The van der Waals surface area contributed by atoms with E-state index in [1.807, 2.05) is 0 Å². The number of unbranched alkanes of at least 4 members (excludes halogenated alkanes) is 1. The van der Waals surface area contributed by atoms with E-state index in [9.17, 15) is 8.42 Å². The lowest BCUT2D eigenvalue weighted by Crippen LogP contribution is -2.07. The molecular weight excluding hydrogens is 232 g/mol. The van der Waals surface area contributed by atoms with Gasteiger partial charge in [0.25, 0.3) is 10.1 Å². The van der Waals surface area contributed by atoms with Crippen LogP contribution in [0.5, 0.6) is 5.75 Å². The van der Waals surface area contributed by atoms with E-state index >= 15 is 0 Å². The zero-order valence-electron chi connectivity index (χ0n) is 8.67. The molecule has 1 aromatic carbocycles. The first-order valence-corrected chi connectivity index (χ1v) is 6.26. The van der Waals surface area contributed by atoms with Crippen LogP contribution in [0.1, 0.15) is 12.8 Å². The van der Waals surface area contributed by atoms with Crippen molar-refractivity contribution in [3.63, 3.8) is 0 Å². The second-order valence-electron chi connectivity index (χ2n) is 3.20. The molecule has 5 nitrogen and oxygen atoms in total. The van der Waals surface area contributed by atoms with E-state index in [2.05, 4.69) is 0 Å². The number of aliphatic hydroxyl groups is 1. The molecule has 1 rings (SSSR count). The van der Waals surface area contributed by atoms with Crippen LogP contribution in [0.3, 0.4) is 0 Å². The Hall–Kier alpha value is -1.11. The fourth-order valence-electron chi connectivity index (χ4n) is 1.06. The molecule has 0 bridgehead atoms. The zero-order chi connectivity index (χ0) is 12.0. The summed E-state index contributed by atoms with van der Waals surface area (Å²) in [5.41, 5.74) is 0. The lowest BCUT2D eigenvalue weighted by Gasteiger charge is -2.04. The molecule has 0 heterocycles. The van der Waals surface area contributed by atoms with E-state index in [4.69, 9.17) is 14.4 Å². The standard InChI is InChI=1S/C10H14O5S/c11-7-1-2-8-15-16(13,14)10-5-3-9(12)4-6-10/h3-6,11-12H,1-2,7-8H2. The second-order valence-corrected chi connectivity index (χ2v) is 4.82. The number of benzene rings is 1. The van der Waals surface area contributed by atoms with Gasteiger partial charge in [-0.2, -0.15) is 8.42 Å². The lowest BCUT2D eigenvalue weighted by atomic mass is 10.3. The average Bonchev–Trinajstić information content (AvgIpc) is 2.25. The van der Waals surface area contributed by atoms with E-state index in [1.54, 1.807) is 0 Å². The van der Waals surface area contributed by atoms with Gasteiger partial charge in [-0.15, -0.1) is 0 Å². The summed E-state index contributed by atoms with van der Waals surface area (Å²) < 4.78 is 27.8. The minimum Gasteiger partial charge on any atom is -0.508 e. The topological polar surface area (TPSA) is 83.8 Å². The molecule has 0 fully saturated rings. The van der Waals surface area contributed by atoms with Crippen LogP contribution in [0.2, 0.25) is 0 Å². The molecule has 16 heavy (non-hydrogen) atoms. The van der Waals surface area contributed by atoms with Gasteiger partial charge < -0.3 is 10.2 Å². The third kappa shape index (κ3) is 3.80. The van der Waals surface area contributed by atoms with Crippen LogP contribution in [0.25, 0.3) is 0 Å². The first-order valence-electron chi connectivity index (χ1n) is 4.85. The van der Waals surface area contributed by atoms with E-state index in [0.717, 1.165) is 0 Å². The predicted molar refractivity (Wildman–Crippen MR) is 57.6 cm³/mol. The van der Waals surface area contributed by atoms with Crippen molar-refractivity contribution in [3.8, 4) is 5.75 Å². The number of rotatable bonds is 6. The smallest absolute Gasteiger partial charge is 0.296 e. The number of aromatic hydroxyl groups is 1. The first-order chi connectivity index (χ1) is 7.56. The van der Waals surface area contributed by atoms with Gasteiger partial charge in [-0.25, -0.2) is 0 Å². The summed E-state index contributed by atoms with van der Waals surface area (Å²) in [6, 6.07) is 5.11. The molecule has 0 aliphatic rings. The molecule has 0 aliphatic heterocycles. The summed E-state index contributed by atoms with van der Waals surface area (Å²) in [5, 5.41) is 17.5. The zero-order valence-corrected chi connectivity index (χ0v) is 9.48. The van der Waals surface area contributed by atoms with Gasteiger partial charge in [-0.3, -0.25) is 4.18 Å². The summed E-state index contributed by atoms with van der Waals surface area (Å²) in [5.74, 6) is -0.000712. The van der Waals surface area contributed by atoms with Crippen LogP contribution in [-0.4, -0.2) is 31.8 Å². The van der Waals surface area contributed by atoms with Gasteiger partial charge in [0.1, 0.15) is 5.75 Å². The van der Waals surface area contributed by atoms with Crippen molar-refractivity contribution in [2.45, 2.75) is 17.7 Å². The fourth-order valence-corrected chi connectivity index (χ4v) is 2.01. The number of hydrogen-bond acceptors (Lipinski definition) is 5. The monoisotopic (exact) mass is 246 g/mol. The SMILES string of the molecule is O=S(=O)(OCCCCO)c1ccc(O)cc1. The van der Waals surface area contributed by atoms with Crippen LogP contribution in [0.15, 0.2) is 29.2 Å². The Labute approximate surface area is 94.4 Å². The Bertz CT molecular complexity index is 409. The van der Waals surface area contributed by atoms with Crippen molar-refractivity contribution in [2.24, 2.45) is 0 Å². The normalized spacial score (nSPS) is 11.6. The van der Waals surface area contributed by atoms with Crippen LogP contribution in [0, 0.1) is 0 Å². The minimum absolute atomic E-state index is 0.000712. The molecular formula is C10H14O5S. The highest BCUT2D eigenvalue weighted by Gasteiger charge is 2.14. The maximum absolute atomic E-state index is 11.5. The van der Waals surface area contributed by atoms with Crippen molar-refractivity contribution in [2.75, 3.05) is 13.2 Å². The Morgan fingerprint density at radius 1 is 1.12 bits per heavy atom. The predicted octanol–water partition coefficient (Wildman–Crippen LogP) is 0.870. The van der Waals surface area contributed by atoms with Crippen molar-refractivity contribution in [1.29, 1.82) is 0 Å². The van der Waals surface area contributed by atoms with Crippen LogP contribution >= 0.6 is 0 Å². The highest BCUT2D eigenvalue weighted by Crippen LogP contribution is 2.16. The Balaban J connectivity index is 2.60. The Morgan fingerprint density at radius 3 is 2.31 bits per heavy atom. The number of aliphatic hydroxyl groups excluding tert-OH is 1. The quantitative estimate of drug-likeness (QED) is 0.574. The lowest BCUT2D eigenvalue weighted by molar-refractivity contribution is 0.255. The summed E-state index contributed by atoms with van der Waals surface area (Å²) >= 11 is 0. The molecule has 6 heteroatoms. The molecule has 0 saturated heterocycles. The first kappa shape index (κ1) is 13.0. The molecule has 0 aliphatic carbocycles. The van der Waals surface area contributed by atoms with Crippen molar-refractivity contribution >= 4 is 10.1 Å². The molecule has 0 unspecified atom stereocenters. The van der Waals surface area contributed by atoms with Crippen LogP contribution in [-0.2, 0) is 14.3 Å². The minimum atomic E-state index is -3.75. The fraction of sp³-hybridized carbons (Fsp3) is 0.400. The average molecular weight is 246 g/mol. The summed E-state index contributed by atoms with van der Waals surface area (Å²) in [4.78, 5) is 0.00861. The van der Waals surface area contributed by atoms with E-state index in [1.165, 1.54) is 24.3 Å². The van der Waals surface area contributed by atoms with Crippen LogP contribution < -0.4 is 0 Å². The van der Waals surface area contributed by atoms with Gasteiger partial charge in [0.05, 0.1) is 11.5 Å². The van der Waals surface area contributed by atoms with Crippen LogP contribution in [0.4, 0.5) is 0 Å². The molecule has 90 valence electrons. The summed E-state index contributed by atoms with van der Waals surface area (Å²) in [7, 11) is -3.75. The van der Waals surface area contributed by atoms with Gasteiger partial charge in [0.2, 0.25) is 0 Å². The molecule has 0 aromatic heterocycles. The number of phenolic OH excluding ortho intramolecular Hbond substituents is 1. The Kier molecular flexibility index (Phi) is 4.72. The largest absolute Gasteiger partial charge is 0.508 e. The molecule has 2 N–H and O–H groups in total. The Morgan fingerprint density at radius 2 is 1.75 bits per heavy atom. The van der Waals surface area contributed by atoms with Crippen molar-refractivity contribution in [1.82, 2.24) is 0 Å².